The van der Waals surface area contributed by atoms with Crippen LogP contribution in [0.3, 0.4) is 0 Å². The van der Waals surface area contributed by atoms with E-state index in [0.29, 0.717) is 29.8 Å². The number of fused-ring (bicyclic) bond motifs is 1. The van der Waals surface area contributed by atoms with Crippen LogP contribution in [-0.2, 0) is 4.74 Å². The van der Waals surface area contributed by atoms with Crippen molar-refractivity contribution in [3.8, 4) is 0 Å². The molecule has 34 heavy (non-hydrogen) atoms. The topological polar surface area (TPSA) is 102 Å². The number of nitrogens with two attached hydrogens (primary N) is 1. The molecule has 0 aliphatic heterocycles. The number of carbonyl (C=O) groups is 1. The number of methoxy groups -OCH3 is 1. The second kappa shape index (κ2) is 11.3. The maximum absolute atomic E-state index is 13.1. The molecule has 0 saturated heterocycles. The van der Waals surface area contributed by atoms with E-state index in [4.69, 9.17) is 15.5 Å². The molecule has 0 bridgehead atoms. The second-order valence-corrected chi connectivity index (χ2v) is 9.87. The molecule has 2 saturated carbocycles. The third-order valence-corrected chi connectivity index (χ3v) is 7.14. The summed E-state index contributed by atoms with van der Waals surface area (Å²) in [6.45, 7) is 4.76. The molecule has 2 aromatic rings. The zero-order valence-corrected chi connectivity index (χ0v) is 20.8. The van der Waals surface area contributed by atoms with Gasteiger partial charge in [-0.25, -0.2) is 4.98 Å². The Kier molecular flexibility index (Phi) is 8.16. The Labute approximate surface area is 203 Å². The summed E-state index contributed by atoms with van der Waals surface area (Å²) < 4.78 is 5.89. The number of carbonyl (C=O) groups excluding carboxylic acids is 1. The number of amidine groups is 1. The molecule has 2 fully saturated rings. The Morgan fingerprint density at radius 3 is 2.65 bits per heavy atom. The summed E-state index contributed by atoms with van der Waals surface area (Å²) in [5.41, 5.74) is 8.46. The van der Waals surface area contributed by atoms with Crippen molar-refractivity contribution in [3.05, 3.63) is 35.4 Å². The minimum absolute atomic E-state index is 0.0505. The van der Waals surface area contributed by atoms with Crippen LogP contribution in [0.4, 0.5) is 5.82 Å². The highest BCUT2D eigenvalue weighted by Gasteiger charge is 2.28. The fourth-order valence-electron chi connectivity index (χ4n) is 4.89. The van der Waals surface area contributed by atoms with E-state index >= 15 is 0 Å². The van der Waals surface area contributed by atoms with E-state index in [9.17, 15) is 4.79 Å². The number of amides is 1. The first-order valence-corrected chi connectivity index (χ1v) is 12.8. The number of hydrogen-bond donors (Lipinski definition) is 3. The number of nitrogens with zero attached hydrogens (tertiary/aromatic N) is 2. The fourth-order valence-corrected chi connectivity index (χ4v) is 4.89. The number of benzene rings is 1. The number of aromatic nitrogens is 1. The molecule has 0 radical (unpaired) electrons. The van der Waals surface area contributed by atoms with Gasteiger partial charge in [0.2, 0.25) is 0 Å². The van der Waals surface area contributed by atoms with E-state index in [-0.39, 0.29) is 24.0 Å². The van der Waals surface area contributed by atoms with Gasteiger partial charge < -0.3 is 21.1 Å². The van der Waals surface area contributed by atoms with Gasteiger partial charge in [0.1, 0.15) is 11.7 Å². The Bertz CT molecular complexity index is 1030. The highest BCUT2D eigenvalue weighted by atomic mass is 16.5. The number of aliphatic imine (C=N–C) groups is 1. The van der Waals surface area contributed by atoms with Crippen molar-refractivity contribution in [3.63, 3.8) is 0 Å². The molecule has 1 aromatic carbocycles. The summed E-state index contributed by atoms with van der Waals surface area (Å²) in [5.74, 6) is 0.857. The van der Waals surface area contributed by atoms with Crippen molar-refractivity contribution in [2.45, 2.75) is 83.4 Å². The van der Waals surface area contributed by atoms with Crippen LogP contribution in [-0.4, -0.2) is 48.6 Å². The molecule has 184 valence electrons. The van der Waals surface area contributed by atoms with Crippen LogP contribution < -0.4 is 16.4 Å². The smallest absolute Gasteiger partial charge is 0.282 e. The molecule has 7 heteroatoms. The zero-order valence-electron chi connectivity index (χ0n) is 20.8. The van der Waals surface area contributed by atoms with Crippen LogP contribution in [0.1, 0.15) is 74.2 Å². The standard InChI is InChI=1S/C27H39N5O2/c1-4-22(30-20-8-6-5-7-9-20)24(34-3)16-29-26-21(27(33)32-25(28)18-11-12-18)15-19-14-17(2)10-13-23(19)31-26/h10,13-15,18,20,22,24,30H,4-9,11-12,16H2,1-3H3,(H,29,31)(H2,28,32,33). The van der Waals surface area contributed by atoms with Crippen LogP contribution in [0.2, 0.25) is 0 Å². The third kappa shape index (κ3) is 6.13. The van der Waals surface area contributed by atoms with Crippen molar-refractivity contribution in [1.82, 2.24) is 10.3 Å². The van der Waals surface area contributed by atoms with Crippen molar-refractivity contribution in [2.75, 3.05) is 19.0 Å². The van der Waals surface area contributed by atoms with Gasteiger partial charge in [0.15, 0.2) is 0 Å². The van der Waals surface area contributed by atoms with Gasteiger partial charge in [-0.2, -0.15) is 4.99 Å². The van der Waals surface area contributed by atoms with Gasteiger partial charge >= 0.3 is 0 Å². The number of anilines is 1. The van der Waals surface area contributed by atoms with E-state index in [0.717, 1.165) is 35.7 Å². The van der Waals surface area contributed by atoms with Gasteiger partial charge in [-0.3, -0.25) is 4.79 Å². The largest absolute Gasteiger partial charge is 0.387 e. The molecule has 2 aliphatic rings. The Balaban J connectivity index is 1.55. The number of rotatable bonds is 10. The van der Waals surface area contributed by atoms with Crippen LogP contribution >= 0.6 is 0 Å². The Hall–Kier alpha value is -2.51. The lowest BCUT2D eigenvalue weighted by molar-refractivity contribution is 0.0699. The summed E-state index contributed by atoms with van der Waals surface area (Å²) in [5, 5.41) is 8.16. The Morgan fingerprint density at radius 1 is 1.21 bits per heavy atom. The number of pyridine rings is 1. The van der Waals surface area contributed by atoms with E-state index in [2.05, 4.69) is 22.5 Å². The SMILES string of the molecule is CCC(NC1CCCCC1)C(CNc1nc2ccc(C)cc2cc1C(=O)N=C(N)C1CC1)OC. The minimum Gasteiger partial charge on any atom is -0.387 e. The fraction of sp³-hybridized carbons (Fsp3) is 0.593. The lowest BCUT2D eigenvalue weighted by Crippen LogP contribution is -2.49. The summed E-state index contributed by atoms with van der Waals surface area (Å²) in [7, 11) is 1.75. The predicted molar refractivity (Wildman–Crippen MR) is 139 cm³/mol. The van der Waals surface area contributed by atoms with Crippen molar-refractivity contribution in [2.24, 2.45) is 16.6 Å². The second-order valence-electron chi connectivity index (χ2n) is 9.87. The van der Waals surface area contributed by atoms with Crippen LogP contribution in [0.15, 0.2) is 29.3 Å². The quantitative estimate of drug-likeness (QED) is 0.351. The highest BCUT2D eigenvalue weighted by Crippen LogP contribution is 2.29. The minimum atomic E-state index is -0.343. The number of aryl methyl sites for hydroxylation is 1. The predicted octanol–water partition coefficient (Wildman–Crippen LogP) is 4.58. The van der Waals surface area contributed by atoms with Crippen LogP contribution in [0.5, 0.6) is 0 Å². The first-order chi connectivity index (χ1) is 16.5. The van der Waals surface area contributed by atoms with E-state index < -0.39 is 0 Å². The summed E-state index contributed by atoms with van der Waals surface area (Å²) >= 11 is 0. The Morgan fingerprint density at radius 2 is 1.97 bits per heavy atom. The first kappa shape index (κ1) is 24.6. The molecule has 4 N–H and O–H groups in total. The molecule has 1 heterocycles. The van der Waals surface area contributed by atoms with E-state index in [1.54, 1.807) is 7.11 Å². The molecule has 2 aliphatic carbocycles. The third-order valence-electron chi connectivity index (χ3n) is 7.14. The first-order valence-electron chi connectivity index (χ1n) is 12.8. The molecule has 0 spiro atoms. The van der Waals surface area contributed by atoms with E-state index in [1.165, 1.54) is 32.1 Å². The molecule has 1 aromatic heterocycles. The number of nitrogens with one attached hydrogen (secondary N) is 2. The summed E-state index contributed by atoms with van der Waals surface area (Å²) in [4.78, 5) is 22.1. The molecule has 2 atom stereocenters. The van der Waals surface area contributed by atoms with Gasteiger partial charge in [-0.05, 0) is 57.2 Å². The molecular formula is C27H39N5O2. The van der Waals surface area contributed by atoms with Crippen LogP contribution in [0, 0.1) is 12.8 Å². The van der Waals surface area contributed by atoms with Crippen molar-refractivity contribution in [1.29, 1.82) is 0 Å². The summed E-state index contributed by atoms with van der Waals surface area (Å²) in [6, 6.07) is 8.71. The van der Waals surface area contributed by atoms with Gasteiger partial charge in [-0.15, -0.1) is 0 Å². The molecule has 1 amide bonds. The lowest BCUT2D eigenvalue weighted by atomic mass is 9.94. The maximum Gasteiger partial charge on any atom is 0.282 e. The zero-order chi connectivity index (χ0) is 24.1. The van der Waals surface area contributed by atoms with Crippen molar-refractivity contribution >= 4 is 28.5 Å². The van der Waals surface area contributed by atoms with Gasteiger partial charge in [0, 0.05) is 37.0 Å². The average molecular weight is 466 g/mol. The van der Waals surface area contributed by atoms with E-state index in [1.807, 2.05) is 31.2 Å². The maximum atomic E-state index is 13.1. The number of hydrogen-bond acceptors (Lipinski definition) is 5. The molecule has 4 rings (SSSR count). The monoisotopic (exact) mass is 465 g/mol. The van der Waals surface area contributed by atoms with Gasteiger partial charge in [-0.1, -0.05) is 37.8 Å². The highest BCUT2D eigenvalue weighted by molar-refractivity contribution is 6.08. The normalized spacial score (nSPS) is 19.2. The van der Waals surface area contributed by atoms with Gasteiger partial charge in [0.05, 0.1) is 17.2 Å². The number of ether oxygens (including phenoxy) is 1. The average Bonchev–Trinajstić information content (AvgIpc) is 3.69. The van der Waals surface area contributed by atoms with Crippen LogP contribution in [0.25, 0.3) is 10.9 Å². The van der Waals surface area contributed by atoms with Gasteiger partial charge in [0.25, 0.3) is 5.91 Å². The molecule has 2 unspecified atom stereocenters. The van der Waals surface area contributed by atoms with Crippen molar-refractivity contribution < 1.29 is 9.53 Å². The molecular weight excluding hydrogens is 426 g/mol. The summed E-state index contributed by atoms with van der Waals surface area (Å²) in [6.07, 6.45) is 9.30. The lowest BCUT2D eigenvalue weighted by Gasteiger charge is -2.32. The molecule has 7 nitrogen and oxygen atoms in total.